The third-order valence-electron chi connectivity index (χ3n) is 5.93. The lowest BCUT2D eigenvalue weighted by atomic mass is 9.98. The van der Waals surface area contributed by atoms with E-state index in [1.807, 2.05) is 37.3 Å². The molecule has 2 heterocycles. The van der Waals surface area contributed by atoms with Crippen LogP contribution >= 0.6 is 11.8 Å². The zero-order chi connectivity index (χ0) is 23.8. The van der Waals surface area contributed by atoms with Crippen LogP contribution in [0.1, 0.15) is 49.4 Å². The minimum absolute atomic E-state index is 0.0248. The largest absolute Gasteiger partial charge is 0.466 e. The fourth-order valence-electron chi connectivity index (χ4n) is 4.06. The van der Waals surface area contributed by atoms with E-state index in [1.54, 1.807) is 23.4 Å². The number of hydrogen-bond acceptors (Lipinski definition) is 6. The van der Waals surface area contributed by atoms with Crippen LogP contribution in [0.3, 0.4) is 0 Å². The maximum atomic E-state index is 12.9. The molecule has 1 aliphatic heterocycles. The second kappa shape index (κ2) is 12.0. The molecule has 7 nitrogen and oxygen atoms in total. The average molecular weight is 472 g/mol. The van der Waals surface area contributed by atoms with Gasteiger partial charge in [0.25, 0.3) is 5.56 Å². The third kappa shape index (κ3) is 6.69. The Hall–Kier alpha value is -2.61. The van der Waals surface area contributed by atoms with Crippen molar-refractivity contribution < 1.29 is 14.3 Å². The van der Waals surface area contributed by atoms with E-state index in [-0.39, 0.29) is 23.4 Å². The van der Waals surface area contributed by atoms with Gasteiger partial charge in [0, 0.05) is 50.0 Å². The molecule has 0 saturated carbocycles. The molecule has 1 atom stereocenters. The summed E-state index contributed by atoms with van der Waals surface area (Å²) < 4.78 is 6.72. The fraction of sp³-hybridized carbons (Fsp3) is 0.520. The standard InChI is InChI=1S/C25H33N3O4S/c1-4-32-24(31)20-12-8-14-28(17-20)22(29)13-9-15-33-25-26-18(2)21(23(30)27(25)3)16-19-10-6-5-7-11-19/h5-7,10-11,20H,4,8-9,12-17H2,1-3H3. The molecule has 1 unspecified atom stereocenters. The van der Waals surface area contributed by atoms with Gasteiger partial charge >= 0.3 is 5.97 Å². The fourth-order valence-corrected chi connectivity index (χ4v) is 5.01. The lowest BCUT2D eigenvalue weighted by Crippen LogP contribution is -2.42. The second-order valence-corrected chi connectivity index (χ2v) is 9.43. The van der Waals surface area contributed by atoms with Crippen molar-refractivity contribution in [2.75, 3.05) is 25.4 Å². The number of thioether (sulfide) groups is 1. The topological polar surface area (TPSA) is 81.5 Å². The molecule has 1 aromatic heterocycles. The number of ether oxygens (including phenoxy) is 1. The molecule has 0 radical (unpaired) electrons. The number of esters is 1. The zero-order valence-corrected chi connectivity index (χ0v) is 20.5. The van der Waals surface area contributed by atoms with Crippen molar-refractivity contribution in [3.05, 3.63) is 57.5 Å². The summed E-state index contributed by atoms with van der Waals surface area (Å²) in [6.45, 7) is 5.18. The molecule has 33 heavy (non-hydrogen) atoms. The molecule has 1 aliphatic rings. The SMILES string of the molecule is CCOC(=O)C1CCCN(C(=O)CCCSc2nc(C)c(Cc3ccccc3)c(=O)n2C)C1. The van der Waals surface area contributed by atoms with Crippen LogP contribution in [-0.4, -0.2) is 51.8 Å². The van der Waals surface area contributed by atoms with Gasteiger partial charge in [-0.3, -0.25) is 19.0 Å². The van der Waals surface area contributed by atoms with Crippen molar-refractivity contribution in [1.82, 2.24) is 14.5 Å². The number of aromatic nitrogens is 2. The Morgan fingerprint density at radius 3 is 2.73 bits per heavy atom. The molecule has 1 fully saturated rings. The second-order valence-electron chi connectivity index (χ2n) is 8.37. The van der Waals surface area contributed by atoms with Gasteiger partial charge in [-0.2, -0.15) is 0 Å². The third-order valence-corrected chi connectivity index (χ3v) is 7.05. The summed E-state index contributed by atoms with van der Waals surface area (Å²) in [7, 11) is 1.75. The molecular weight excluding hydrogens is 438 g/mol. The first-order chi connectivity index (χ1) is 15.9. The van der Waals surface area contributed by atoms with Gasteiger partial charge in [0.1, 0.15) is 0 Å². The van der Waals surface area contributed by atoms with Crippen LogP contribution in [0.2, 0.25) is 0 Å². The monoisotopic (exact) mass is 471 g/mol. The van der Waals surface area contributed by atoms with Gasteiger partial charge in [0.05, 0.1) is 12.5 Å². The van der Waals surface area contributed by atoms with Crippen molar-refractivity contribution in [3.8, 4) is 0 Å². The minimum Gasteiger partial charge on any atom is -0.466 e. The highest BCUT2D eigenvalue weighted by atomic mass is 32.2. The summed E-state index contributed by atoms with van der Waals surface area (Å²) in [4.78, 5) is 44.0. The summed E-state index contributed by atoms with van der Waals surface area (Å²) in [6, 6.07) is 9.91. The van der Waals surface area contributed by atoms with Gasteiger partial charge in [0.15, 0.2) is 5.16 Å². The Balaban J connectivity index is 1.52. The molecular formula is C25H33N3O4S. The van der Waals surface area contributed by atoms with Gasteiger partial charge < -0.3 is 9.64 Å². The van der Waals surface area contributed by atoms with Crippen LogP contribution in [0.25, 0.3) is 0 Å². The molecule has 0 aliphatic carbocycles. The van der Waals surface area contributed by atoms with E-state index in [4.69, 9.17) is 4.74 Å². The van der Waals surface area contributed by atoms with Gasteiger partial charge in [-0.25, -0.2) is 4.98 Å². The van der Waals surface area contributed by atoms with Crippen LogP contribution < -0.4 is 5.56 Å². The quantitative estimate of drug-likeness (QED) is 0.241. The van der Waals surface area contributed by atoms with Crippen molar-refractivity contribution in [2.45, 2.75) is 51.1 Å². The Morgan fingerprint density at radius 2 is 2.00 bits per heavy atom. The smallest absolute Gasteiger partial charge is 0.310 e. The van der Waals surface area contributed by atoms with E-state index in [0.717, 1.165) is 24.1 Å². The first-order valence-corrected chi connectivity index (χ1v) is 12.6. The van der Waals surface area contributed by atoms with Crippen LogP contribution in [0.5, 0.6) is 0 Å². The number of aryl methyl sites for hydroxylation is 1. The summed E-state index contributed by atoms with van der Waals surface area (Å²) in [5, 5.41) is 0.669. The van der Waals surface area contributed by atoms with Crippen LogP contribution in [-0.2, 0) is 27.8 Å². The maximum absolute atomic E-state index is 12.9. The van der Waals surface area contributed by atoms with Gasteiger partial charge in [-0.1, -0.05) is 42.1 Å². The van der Waals surface area contributed by atoms with Gasteiger partial charge in [0.2, 0.25) is 5.91 Å². The highest BCUT2D eigenvalue weighted by Gasteiger charge is 2.29. The Kier molecular flexibility index (Phi) is 9.11. The van der Waals surface area contributed by atoms with Crippen molar-refractivity contribution in [2.24, 2.45) is 13.0 Å². The lowest BCUT2D eigenvalue weighted by molar-refractivity contribution is -0.151. The summed E-state index contributed by atoms with van der Waals surface area (Å²) in [6.07, 6.45) is 3.27. The molecule has 1 amide bonds. The molecule has 1 saturated heterocycles. The van der Waals surface area contributed by atoms with Crippen molar-refractivity contribution >= 4 is 23.6 Å². The number of hydrogen-bond donors (Lipinski definition) is 0. The number of carbonyl (C=O) groups is 2. The normalized spacial score (nSPS) is 16.0. The number of amides is 1. The molecule has 3 rings (SSSR count). The lowest BCUT2D eigenvalue weighted by Gasteiger charge is -2.31. The number of nitrogens with zero attached hydrogens (tertiary/aromatic N) is 3. The van der Waals surface area contributed by atoms with E-state index in [1.165, 1.54) is 11.8 Å². The Morgan fingerprint density at radius 1 is 1.24 bits per heavy atom. The number of likely N-dealkylation sites (tertiary alicyclic amines) is 1. The number of rotatable bonds is 9. The first-order valence-electron chi connectivity index (χ1n) is 11.6. The Labute approximate surface area is 199 Å². The van der Waals surface area contributed by atoms with Crippen LogP contribution in [0, 0.1) is 12.8 Å². The molecule has 0 bridgehead atoms. The molecule has 0 N–H and O–H groups in total. The number of carbonyl (C=O) groups excluding carboxylic acids is 2. The van der Waals surface area contributed by atoms with Crippen LogP contribution in [0.15, 0.2) is 40.3 Å². The summed E-state index contributed by atoms with van der Waals surface area (Å²) in [5.41, 5.74) is 2.52. The average Bonchev–Trinajstić information content (AvgIpc) is 2.83. The van der Waals surface area contributed by atoms with Crippen molar-refractivity contribution in [3.63, 3.8) is 0 Å². The molecule has 2 aromatic rings. The highest BCUT2D eigenvalue weighted by molar-refractivity contribution is 7.99. The van der Waals surface area contributed by atoms with E-state index in [9.17, 15) is 14.4 Å². The van der Waals surface area contributed by atoms with Gasteiger partial charge in [-0.05, 0) is 38.7 Å². The minimum atomic E-state index is -0.215. The molecule has 1 aromatic carbocycles. The van der Waals surface area contributed by atoms with E-state index in [2.05, 4.69) is 4.98 Å². The first kappa shape index (κ1) is 25.0. The van der Waals surface area contributed by atoms with Crippen LogP contribution in [0.4, 0.5) is 0 Å². The number of piperidine rings is 1. The highest BCUT2D eigenvalue weighted by Crippen LogP contribution is 2.21. The molecule has 8 heteroatoms. The zero-order valence-electron chi connectivity index (χ0n) is 19.7. The Bertz CT molecular complexity index is 1020. The predicted octanol–water partition coefficient (Wildman–Crippen LogP) is 3.35. The maximum Gasteiger partial charge on any atom is 0.310 e. The molecule has 0 spiro atoms. The predicted molar refractivity (Wildman–Crippen MR) is 129 cm³/mol. The van der Waals surface area contributed by atoms with E-state index >= 15 is 0 Å². The van der Waals surface area contributed by atoms with E-state index < -0.39 is 0 Å². The van der Waals surface area contributed by atoms with Crippen molar-refractivity contribution in [1.29, 1.82) is 0 Å². The van der Waals surface area contributed by atoms with E-state index in [0.29, 0.717) is 55.4 Å². The molecule has 178 valence electrons. The summed E-state index contributed by atoms with van der Waals surface area (Å²) in [5.74, 6) is 0.344. The summed E-state index contributed by atoms with van der Waals surface area (Å²) >= 11 is 1.50. The van der Waals surface area contributed by atoms with Gasteiger partial charge in [-0.15, -0.1) is 0 Å². The number of benzene rings is 1.